The van der Waals surface area contributed by atoms with E-state index in [1.807, 2.05) is 18.2 Å². The third kappa shape index (κ3) is 2.52. The second-order valence-electron chi connectivity index (χ2n) is 5.25. The van der Waals surface area contributed by atoms with Crippen LogP contribution in [0.2, 0.25) is 0 Å². The van der Waals surface area contributed by atoms with Gasteiger partial charge in [0, 0.05) is 23.9 Å². The fraction of sp³-hybridized carbons (Fsp3) is 0.267. The van der Waals surface area contributed by atoms with Crippen molar-refractivity contribution in [2.45, 2.75) is 13.0 Å². The molecule has 0 atom stereocenters. The molecule has 0 aliphatic carbocycles. The molecule has 0 saturated carbocycles. The van der Waals surface area contributed by atoms with Gasteiger partial charge in [-0.2, -0.15) is 9.38 Å². The number of imidazole rings is 1. The van der Waals surface area contributed by atoms with E-state index in [4.69, 9.17) is 9.47 Å². The third-order valence-electron chi connectivity index (χ3n) is 3.71. The third-order valence-corrected chi connectivity index (χ3v) is 4.47. The SMILES string of the molecule is O=[N+]([O-])c1c(NCc2cccc3c2OCCCO3)nc2sccn12. The van der Waals surface area contributed by atoms with Crippen molar-refractivity contribution in [1.29, 1.82) is 0 Å². The summed E-state index contributed by atoms with van der Waals surface area (Å²) in [6.45, 7) is 1.56. The van der Waals surface area contributed by atoms with Crippen molar-refractivity contribution >= 4 is 27.9 Å². The number of nitrogens with one attached hydrogen (secondary N) is 1. The van der Waals surface area contributed by atoms with Crippen LogP contribution in [0, 0.1) is 10.1 Å². The molecule has 1 aliphatic rings. The number of fused-ring (bicyclic) bond motifs is 2. The Morgan fingerprint density at radius 2 is 2.25 bits per heavy atom. The van der Waals surface area contributed by atoms with Crippen LogP contribution in [0.4, 0.5) is 11.6 Å². The van der Waals surface area contributed by atoms with Crippen LogP contribution in [0.15, 0.2) is 29.8 Å². The summed E-state index contributed by atoms with van der Waals surface area (Å²) in [6, 6.07) is 5.65. The van der Waals surface area contributed by atoms with E-state index in [2.05, 4.69) is 10.3 Å². The molecule has 4 rings (SSSR count). The smallest absolute Gasteiger partial charge is 0.372 e. The Morgan fingerprint density at radius 1 is 1.38 bits per heavy atom. The van der Waals surface area contributed by atoms with Crippen molar-refractivity contribution in [1.82, 2.24) is 9.38 Å². The molecule has 8 nitrogen and oxygen atoms in total. The first-order valence-electron chi connectivity index (χ1n) is 7.45. The summed E-state index contributed by atoms with van der Waals surface area (Å²) in [4.78, 5) is 15.8. The van der Waals surface area contributed by atoms with Crippen molar-refractivity contribution < 1.29 is 14.4 Å². The minimum absolute atomic E-state index is 0.0644. The van der Waals surface area contributed by atoms with Crippen LogP contribution in [-0.4, -0.2) is 27.5 Å². The minimum atomic E-state index is -0.430. The van der Waals surface area contributed by atoms with Crippen molar-refractivity contribution in [3.8, 4) is 11.5 Å². The molecule has 0 bridgehead atoms. The zero-order valence-corrected chi connectivity index (χ0v) is 13.4. The molecule has 9 heteroatoms. The number of benzene rings is 1. The Bertz CT molecular complexity index is 904. The predicted molar refractivity (Wildman–Crippen MR) is 89.1 cm³/mol. The molecule has 0 fully saturated rings. The molecule has 124 valence electrons. The van der Waals surface area contributed by atoms with Crippen LogP contribution in [-0.2, 0) is 6.54 Å². The van der Waals surface area contributed by atoms with Crippen molar-refractivity contribution in [3.63, 3.8) is 0 Å². The molecule has 1 N–H and O–H groups in total. The van der Waals surface area contributed by atoms with E-state index in [9.17, 15) is 10.1 Å². The molecule has 0 radical (unpaired) electrons. The Morgan fingerprint density at radius 3 is 3.12 bits per heavy atom. The Balaban J connectivity index is 1.63. The zero-order chi connectivity index (χ0) is 16.5. The zero-order valence-electron chi connectivity index (χ0n) is 12.6. The fourth-order valence-electron chi connectivity index (χ4n) is 2.64. The first kappa shape index (κ1) is 14.8. The Labute approximate surface area is 140 Å². The molecule has 0 saturated heterocycles. The predicted octanol–water partition coefficient (Wildman–Crippen LogP) is 3.08. The van der Waals surface area contributed by atoms with E-state index >= 15 is 0 Å². The second-order valence-corrected chi connectivity index (χ2v) is 6.12. The summed E-state index contributed by atoms with van der Waals surface area (Å²) in [7, 11) is 0. The lowest BCUT2D eigenvalue weighted by Gasteiger charge is -2.12. The fourth-order valence-corrected chi connectivity index (χ4v) is 3.35. The maximum absolute atomic E-state index is 11.3. The van der Waals surface area contributed by atoms with Gasteiger partial charge in [0.2, 0.25) is 5.82 Å². The minimum Gasteiger partial charge on any atom is -0.490 e. The molecule has 0 amide bonds. The van der Waals surface area contributed by atoms with Gasteiger partial charge >= 0.3 is 5.82 Å². The van der Waals surface area contributed by atoms with Gasteiger partial charge in [0.15, 0.2) is 11.5 Å². The van der Waals surface area contributed by atoms with E-state index < -0.39 is 4.92 Å². The number of para-hydroxylation sites is 1. The number of rotatable bonds is 4. The van der Waals surface area contributed by atoms with E-state index in [0.717, 1.165) is 12.0 Å². The van der Waals surface area contributed by atoms with Gasteiger partial charge in [-0.3, -0.25) is 0 Å². The number of hydrogen-bond acceptors (Lipinski definition) is 7. The summed E-state index contributed by atoms with van der Waals surface area (Å²) in [6.07, 6.45) is 2.46. The van der Waals surface area contributed by atoms with Crippen LogP contribution in [0.1, 0.15) is 12.0 Å². The summed E-state index contributed by atoms with van der Waals surface area (Å²) >= 11 is 1.35. The van der Waals surface area contributed by atoms with Crippen molar-refractivity contribution in [2.24, 2.45) is 0 Å². The van der Waals surface area contributed by atoms with Gasteiger partial charge in [-0.15, -0.1) is 0 Å². The first-order valence-corrected chi connectivity index (χ1v) is 8.33. The van der Waals surface area contributed by atoms with Gasteiger partial charge in [-0.25, -0.2) is 0 Å². The van der Waals surface area contributed by atoms with Gasteiger partial charge in [0.05, 0.1) is 13.2 Å². The lowest BCUT2D eigenvalue weighted by Crippen LogP contribution is -2.05. The number of hydrogen-bond donors (Lipinski definition) is 1. The van der Waals surface area contributed by atoms with Crippen LogP contribution >= 0.6 is 11.3 Å². The molecule has 3 heterocycles. The molecule has 24 heavy (non-hydrogen) atoms. The quantitative estimate of drug-likeness (QED) is 0.577. The number of ether oxygens (including phenoxy) is 2. The average Bonchev–Trinajstić information content (AvgIpc) is 3.04. The molecule has 0 spiro atoms. The highest BCUT2D eigenvalue weighted by Crippen LogP contribution is 2.34. The van der Waals surface area contributed by atoms with Gasteiger partial charge < -0.3 is 24.9 Å². The average molecular weight is 346 g/mol. The highest BCUT2D eigenvalue weighted by Gasteiger charge is 2.24. The number of thiazole rings is 1. The largest absolute Gasteiger partial charge is 0.490 e. The molecule has 1 aromatic carbocycles. The highest BCUT2D eigenvalue weighted by atomic mass is 32.1. The summed E-state index contributed by atoms with van der Waals surface area (Å²) < 4.78 is 12.9. The van der Waals surface area contributed by atoms with Crippen molar-refractivity contribution in [3.05, 3.63) is 45.5 Å². The highest BCUT2D eigenvalue weighted by molar-refractivity contribution is 7.15. The van der Waals surface area contributed by atoms with Gasteiger partial charge in [0.25, 0.3) is 4.96 Å². The monoisotopic (exact) mass is 346 g/mol. The number of aromatic nitrogens is 2. The molecular weight excluding hydrogens is 332 g/mol. The van der Waals surface area contributed by atoms with E-state index in [0.29, 0.717) is 36.2 Å². The van der Waals surface area contributed by atoms with Crippen molar-refractivity contribution in [2.75, 3.05) is 18.5 Å². The number of anilines is 1. The summed E-state index contributed by atoms with van der Waals surface area (Å²) in [5.41, 5.74) is 0.875. The van der Waals surface area contributed by atoms with E-state index in [-0.39, 0.29) is 11.6 Å². The standard InChI is InChI=1S/C15H14N4O4S/c20-19(21)14-13(17-15-18(14)5-8-24-15)16-9-10-3-1-4-11-12(10)23-7-2-6-22-11/h1,3-5,8,16H,2,6-7,9H2. The van der Waals surface area contributed by atoms with Crippen LogP contribution in [0.25, 0.3) is 4.96 Å². The molecule has 0 unspecified atom stereocenters. The summed E-state index contributed by atoms with van der Waals surface area (Å²) in [5.74, 6) is 1.57. The molecule has 1 aliphatic heterocycles. The molecular formula is C15H14N4O4S. The summed E-state index contributed by atoms with van der Waals surface area (Å²) in [5, 5.41) is 16.2. The lowest BCUT2D eigenvalue weighted by atomic mass is 10.2. The van der Waals surface area contributed by atoms with Gasteiger partial charge in [-0.1, -0.05) is 23.5 Å². The van der Waals surface area contributed by atoms with Crippen LogP contribution in [0.5, 0.6) is 11.5 Å². The second kappa shape index (κ2) is 6.00. The Kier molecular flexibility index (Phi) is 3.69. The topological polar surface area (TPSA) is 90.9 Å². The maximum atomic E-state index is 11.3. The molecule has 3 aromatic rings. The van der Waals surface area contributed by atoms with E-state index in [1.165, 1.54) is 15.7 Å². The van der Waals surface area contributed by atoms with Gasteiger partial charge in [-0.05, 0) is 11.0 Å². The number of nitrogens with zero attached hydrogens (tertiary/aromatic N) is 3. The normalized spacial score (nSPS) is 13.7. The van der Waals surface area contributed by atoms with Crippen LogP contribution in [0.3, 0.4) is 0 Å². The van der Waals surface area contributed by atoms with Gasteiger partial charge in [0.1, 0.15) is 6.20 Å². The van der Waals surface area contributed by atoms with E-state index in [1.54, 1.807) is 11.6 Å². The van der Waals surface area contributed by atoms with Crippen LogP contribution < -0.4 is 14.8 Å². The number of nitro groups is 1. The lowest BCUT2D eigenvalue weighted by molar-refractivity contribution is -0.389. The Hall–Kier alpha value is -2.81. The maximum Gasteiger partial charge on any atom is 0.372 e. The first-order chi connectivity index (χ1) is 11.7. The molecule has 2 aromatic heterocycles.